The lowest BCUT2D eigenvalue weighted by Crippen LogP contribution is -2.30. The van der Waals surface area contributed by atoms with Gasteiger partial charge in [-0.2, -0.15) is 0 Å². The molecule has 3 atom stereocenters. The summed E-state index contributed by atoms with van der Waals surface area (Å²) in [5.74, 6) is -1.67. The largest absolute Gasteiger partial charge is 0.472 e. The van der Waals surface area contributed by atoms with Gasteiger partial charge in [0.1, 0.15) is 12.7 Å². The first-order valence-electron chi connectivity index (χ1n) is 26.8. The molecule has 0 saturated heterocycles. The zero-order valence-electron chi connectivity index (χ0n) is 43.7. The zero-order chi connectivity index (χ0) is 51.3. The second-order valence-corrected chi connectivity index (χ2v) is 18.7. The number of ether oxygens (including phenoxy) is 3. The minimum absolute atomic E-state index is 0.0139. The van der Waals surface area contributed by atoms with Crippen LogP contribution >= 0.6 is 7.82 Å². The Hall–Kier alpha value is -3.86. The van der Waals surface area contributed by atoms with E-state index in [4.69, 9.17) is 23.3 Å². The topological polar surface area (TPSA) is 155 Å². The van der Waals surface area contributed by atoms with Crippen molar-refractivity contribution in [3.8, 4) is 0 Å². The van der Waals surface area contributed by atoms with Gasteiger partial charge >= 0.3 is 25.7 Å². The van der Waals surface area contributed by atoms with Crippen molar-refractivity contribution in [2.24, 2.45) is 0 Å². The lowest BCUT2D eigenvalue weighted by atomic mass is 10.1. The van der Waals surface area contributed by atoms with E-state index in [1.807, 2.05) is 12.2 Å². The maximum atomic E-state index is 12.9. The van der Waals surface area contributed by atoms with E-state index in [1.54, 1.807) is 6.08 Å². The molecule has 398 valence electrons. The Bertz CT molecular complexity index is 1590. The normalized spacial score (nSPS) is 14.3. The van der Waals surface area contributed by atoms with Gasteiger partial charge in [-0.05, 0) is 103 Å². The summed E-state index contributed by atoms with van der Waals surface area (Å²) >= 11 is 0. The van der Waals surface area contributed by atoms with E-state index < -0.39 is 64.4 Å². The molecule has 0 saturated carbocycles. The van der Waals surface area contributed by atoms with Crippen molar-refractivity contribution in [1.29, 1.82) is 0 Å². The number of carbonyl (C=O) groups is 3. The molecule has 2 N–H and O–H groups in total. The standard InChI is InChI=1S/C58H95O11P/c1-4-7-10-13-16-19-22-25-27-30-32-35-38-41-44-47-56(60)65-51-55(69-58(62)49-46-43-40-37-34-31-28-26-23-20-17-14-11-8-5-2)53-67-70(63,64)66-52-54(50-59)68-57(61)48-45-42-39-36-33-29-24-21-18-15-12-9-6-3/h7,9-10,12,16,18-19,21,25-29,32-33,35,41,44,54-55,59H,4-6,8,11,13-15,17,20,22-24,30-31,34,36-40,42-43,45-53H2,1-3H3,(H,63,64)/b10-7-,12-9-,19-16-,21-18-,27-25-,28-26-,33-29-,35-32-,44-41-. The lowest BCUT2D eigenvalue weighted by molar-refractivity contribution is -0.161. The van der Waals surface area contributed by atoms with Crippen LogP contribution in [0.25, 0.3) is 0 Å². The van der Waals surface area contributed by atoms with E-state index in [-0.39, 0.29) is 19.3 Å². The predicted molar refractivity (Wildman–Crippen MR) is 288 cm³/mol. The van der Waals surface area contributed by atoms with Gasteiger partial charge in [0, 0.05) is 12.8 Å². The average molecular weight is 999 g/mol. The zero-order valence-corrected chi connectivity index (χ0v) is 44.6. The van der Waals surface area contributed by atoms with Crippen LogP contribution in [0.5, 0.6) is 0 Å². The second-order valence-electron chi connectivity index (χ2n) is 17.3. The van der Waals surface area contributed by atoms with Crippen LogP contribution in [0.2, 0.25) is 0 Å². The number of aliphatic hydroxyl groups is 1. The summed E-state index contributed by atoms with van der Waals surface area (Å²) < 4.78 is 39.2. The molecule has 0 aromatic carbocycles. The van der Waals surface area contributed by atoms with E-state index in [0.717, 1.165) is 103 Å². The third-order valence-corrected chi connectivity index (χ3v) is 11.6. The number of allylic oxidation sites excluding steroid dienone is 17. The fraction of sp³-hybridized carbons (Fsp3) is 0.638. The molecule has 0 aliphatic heterocycles. The monoisotopic (exact) mass is 999 g/mol. The maximum absolute atomic E-state index is 12.9. The molecule has 12 heteroatoms. The van der Waals surface area contributed by atoms with Gasteiger partial charge in [-0.1, -0.05) is 188 Å². The number of rotatable bonds is 48. The van der Waals surface area contributed by atoms with Gasteiger partial charge in [-0.3, -0.25) is 23.4 Å². The van der Waals surface area contributed by atoms with E-state index >= 15 is 0 Å². The molecule has 11 nitrogen and oxygen atoms in total. The summed E-state index contributed by atoms with van der Waals surface area (Å²) in [7, 11) is -4.78. The fourth-order valence-electron chi connectivity index (χ4n) is 6.67. The van der Waals surface area contributed by atoms with Crippen molar-refractivity contribution >= 4 is 25.7 Å². The summed E-state index contributed by atoms with van der Waals surface area (Å²) in [4.78, 5) is 48.3. The third-order valence-electron chi connectivity index (χ3n) is 10.7. The molecule has 0 aliphatic rings. The summed E-state index contributed by atoms with van der Waals surface area (Å²) in [6, 6.07) is 0. The van der Waals surface area contributed by atoms with Crippen molar-refractivity contribution in [1.82, 2.24) is 0 Å². The number of esters is 3. The highest BCUT2D eigenvalue weighted by Crippen LogP contribution is 2.43. The molecule has 0 amide bonds. The highest BCUT2D eigenvalue weighted by molar-refractivity contribution is 7.47. The van der Waals surface area contributed by atoms with Crippen LogP contribution in [0.3, 0.4) is 0 Å². The Morgan fingerprint density at radius 3 is 1.24 bits per heavy atom. The molecule has 0 aliphatic carbocycles. The van der Waals surface area contributed by atoms with Crippen LogP contribution in [0.15, 0.2) is 109 Å². The van der Waals surface area contributed by atoms with E-state index in [2.05, 4.69) is 112 Å². The Balaban J connectivity index is 4.90. The molecular formula is C58H95O11P. The Kier molecular flexibility index (Phi) is 48.7. The predicted octanol–water partition coefficient (Wildman–Crippen LogP) is 15.5. The number of phosphoric ester groups is 1. The van der Waals surface area contributed by atoms with E-state index in [0.29, 0.717) is 19.3 Å². The number of hydrogen-bond acceptors (Lipinski definition) is 10. The first kappa shape index (κ1) is 66.1. The number of carbonyl (C=O) groups excluding carboxylic acids is 3. The van der Waals surface area contributed by atoms with Crippen molar-refractivity contribution < 1.29 is 52.2 Å². The van der Waals surface area contributed by atoms with E-state index in [9.17, 15) is 28.9 Å². The molecule has 0 bridgehead atoms. The molecule has 70 heavy (non-hydrogen) atoms. The minimum atomic E-state index is -4.78. The number of aliphatic hydroxyl groups excluding tert-OH is 1. The van der Waals surface area contributed by atoms with Crippen LogP contribution in [0.4, 0.5) is 0 Å². The van der Waals surface area contributed by atoms with Crippen LogP contribution in [-0.4, -0.2) is 66.5 Å². The fourth-order valence-corrected chi connectivity index (χ4v) is 7.46. The van der Waals surface area contributed by atoms with Crippen molar-refractivity contribution in [2.75, 3.05) is 26.4 Å². The maximum Gasteiger partial charge on any atom is 0.472 e. The highest BCUT2D eigenvalue weighted by atomic mass is 31.2. The average Bonchev–Trinajstić information content (AvgIpc) is 3.35. The quantitative estimate of drug-likeness (QED) is 0.0197. The summed E-state index contributed by atoms with van der Waals surface area (Å²) in [5, 5.41) is 9.78. The van der Waals surface area contributed by atoms with Crippen molar-refractivity contribution in [3.63, 3.8) is 0 Å². The van der Waals surface area contributed by atoms with Crippen molar-refractivity contribution in [2.45, 2.75) is 213 Å². The summed E-state index contributed by atoms with van der Waals surface area (Å²) in [5.41, 5.74) is 0. The van der Waals surface area contributed by atoms with Gasteiger partial charge in [0.05, 0.1) is 26.2 Å². The summed E-state index contributed by atoms with van der Waals surface area (Å²) in [6.07, 6.45) is 60.9. The van der Waals surface area contributed by atoms with Gasteiger partial charge in [-0.25, -0.2) is 4.57 Å². The van der Waals surface area contributed by atoms with Gasteiger partial charge in [-0.15, -0.1) is 0 Å². The number of unbranched alkanes of at least 4 members (excludes halogenated alkanes) is 14. The lowest BCUT2D eigenvalue weighted by Gasteiger charge is -2.21. The van der Waals surface area contributed by atoms with Crippen LogP contribution in [0.1, 0.15) is 201 Å². The molecule has 0 aromatic rings. The third kappa shape index (κ3) is 49.1. The first-order chi connectivity index (χ1) is 34.2. The first-order valence-corrected chi connectivity index (χ1v) is 28.3. The van der Waals surface area contributed by atoms with Gasteiger partial charge in [0.15, 0.2) is 6.10 Å². The molecule has 3 unspecified atom stereocenters. The number of phosphoric acid groups is 1. The Morgan fingerprint density at radius 1 is 0.429 bits per heavy atom. The Labute approximate surface area is 425 Å². The Morgan fingerprint density at radius 2 is 0.786 bits per heavy atom. The highest BCUT2D eigenvalue weighted by Gasteiger charge is 2.28. The number of hydrogen-bond donors (Lipinski definition) is 2. The van der Waals surface area contributed by atoms with Gasteiger partial charge in [0.2, 0.25) is 0 Å². The van der Waals surface area contributed by atoms with Crippen LogP contribution < -0.4 is 0 Å². The molecule has 0 fully saturated rings. The molecule has 0 spiro atoms. The molecule has 0 aromatic heterocycles. The SMILES string of the molecule is CC/C=C\C/C=C\C/C=C\C/C=C\C/C=C\CC(=O)OCC(COP(=O)(O)OCC(CO)OC(=O)CCCCC/C=C\C/C=C\C/C=C\CC)OC(=O)CCCCCCC/C=C\CCCCCCCC. The smallest absolute Gasteiger partial charge is 0.461 e. The van der Waals surface area contributed by atoms with Crippen LogP contribution in [-0.2, 0) is 42.2 Å². The summed E-state index contributed by atoms with van der Waals surface area (Å²) in [6.45, 7) is 4.23. The van der Waals surface area contributed by atoms with Gasteiger partial charge in [0.25, 0.3) is 0 Å². The molecule has 0 heterocycles. The second kappa shape index (κ2) is 51.5. The van der Waals surface area contributed by atoms with Gasteiger partial charge < -0.3 is 24.2 Å². The van der Waals surface area contributed by atoms with E-state index in [1.165, 1.54) is 38.5 Å². The minimum Gasteiger partial charge on any atom is -0.461 e. The molecule has 0 rings (SSSR count). The van der Waals surface area contributed by atoms with Crippen LogP contribution in [0, 0.1) is 0 Å². The molecule has 0 radical (unpaired) electrons. The molecular weight excluding hydrogens is 904 g/mol. The van der Waals surface area contributed by atoms with Crippen molar-refractivity contribution in [3.05, 3.63) is 109 Å².